The van der Waals surface area contributed by atoms with Crippen molar-refractivity contribution in [2.24, 2.45) is 0 Å². The predicted molar refractivity (Wildman–Crippen MR) is 87.9 cm³/mol. The Bertz CT molecular complexity index is 613. The largest absolute Gasteiger partial charge is 0.356 e. The monoisotopic (exact) mass is 321 g/mol. The number of rotatable bonds is 6. The summed E-state index contributed by atoms with van der Waals surface area (Å²) in [6.07, 6.45) is 2.08. The zero-order valence-electron chi connectivity index (χ0n) is 11.6. The molecular formula is C17H17Cl2NO. The van der Waals surface area contributed by atoms with Crippen molar-refractivity contribution < 1.29 is 4.79 Å². The number of hydrogen-bond donors (Lipinski definition) is 1. The fourth-order valence-corrected chi connectivity index (χ4v) is 2.55. The first-order valence-electron chi connectivity index (χ1n) is 6.90. The SMILES string of the molecule is O=C(Cc1cccc(Cl)c1)NCCCc1ccccc1Cl. The molecule has 0 atom stereocenters. The molecule has 2 aromatic carbocycles. The molecule has 0 saturated heterocycles. The van der Waals surface area contributed by atoms with Crippen LogP contribution in [-0.4, -0.2) is 12.5 Å². The molecule has 0 fully saturated rings. The Morgan fingerprint density at radius 3 is 2.62 bits per heavy atom. The quantitative estimate of drug-likeness (QED) is 0.790. The first-order valence-corrected chi connectivity index (χ1v) is 7.65. The standard InChI is InChI=1S/C17H17Cl2NO/c18-15-8-3-5-13(11-15)12-17(21)20-10-4-7-14-6-1-2-9-16(14)19/h1-3,5-6,8-9,11H,4,7,10,12H2,(H,20,21). The van der Waals surface area contributed by atoms with Crippen molar-refractivity contribution in [2.45, 2.75) is 19.3 Å². The van der Waals surface area contributed by atoms with Gasteiger partial charge in [0, 0.05) is 16.6 Å². The number of nitrogens with one attached hydrogen (secondary N) is 1. The average molecular weight is 322 g/mol. The van der Waals surface area contributed by atoms with E-state index in [1.54, 1.807) is 6.07 Å². The van der Waals surface area contributed by atoms with Gasteiger partial charge in [0.1, 0.15) is 0 Å². The van der Waals surface area contributed by atoms with Crippen LogP contribution < -0.4 is 5.32 Å². The maximum Gasteiger partial charge on any atom is 0.224 e. The van der Waals surface area contributed by atoms with Gasteiger partial charge in [-0.25, -0.2) is 0 Å². The molecule has 0 saturated carbocycles. The molecule has 110 valence electrons. The van der Waals surface area contributed by atoms with E-state index in [0.717, 1.165) is 29.0 Å². The minimum atomic E-state index is 0.0106. The lowest BCUT2D eigenvalue weighted by atomic mass is 10.1. The molecule has 2 nitrogen and oxygen atoms in total. The Morgan fingerprint density at radius 1 is 1.05 bits per heavy atom. The van der Waals surface area contributed by atoms with E-state index < -0.39 is 0 Å². The third kappa shape index (κ3) is 5.41. The molecule has 0 aromatic heterocycles. The Morgan fingerprint density at radius 2 is 1.86 bits per heavy atom. The van der Waals surface area contributed by atoms with Crippen LogP contribution in [0, 0.1) is 0 Å². The molecule has 0 spiro atoms. The summed E-state index contributed by atoms with van der Waals surface area (Å²) in [7, 11) is 0. The molecule has 2 aromatic rings. The zero-order chi connectivity index (χ0) is 15.1. The highest BCUT2D eigenvalue weighted by Crippen LogP contribution is 2.16. The Balaban J connectivity index is 1.71. The normalized spacial score (nSPS) is 10.4. The van der Waals surface area contributed by atoms with Crippen LogP contribution in [0.4, 0.5) is 0 Å². The van der Waals surface area contributed by atoms with Gasteiger partial charge in [-0.05, 0) is 42.2 Å². The van der Waals surface area contributed by atoms with Crippen molar-refractivity contribution in [3.8, 4) is 0 Å². The van der Waals surface area contributed by atoms with Gasteiger partial charge in [0.05, 0.1) is 6.42 Å². The summed E-state index contributed by atoms with van der Waals surface area (Å²) < 4.78 is 0. The van der Waals surface area contributed by atoms with E-state index >= 15 is 0 Å². The molecule has 2 rings (SSSR count). The van der Waals surface area contributed by atoms with Gasteiger partial charge in [0.15, 0.2) is 0 Å². The van der Waals surface area contributed by atoms with E-state index in [2.05, 4.69) is 5.32 Å². The smallest absolute Gasteiger partial charge is 0.224 e. The fourth-order valence-electron chi connectivity index (χ4n) is 2.10. The molecule has 1 N–H and O–H groups in total. The first-order chi connectivity index (χ1) is 10.1. The summed E-state index contributed by atoms with van der Waals surface area (Å²) in [5, 5.41) is 4.35. The summed E-state index contributed by atoms with van der Waals surface area (Å²) in [4.78, 5) is 11.8. The van der Waals surface area contributed by atoms with Gasteiger partial charge in [-0.3, -0.25) is 4.79 Å². The van der Waals surface area contributed by atoms with Crippen LogP contribution in [0.15, 0.2) is 48.5 Å². The van der Waals surface area contributed by atoms with Gasteiger partial charge in [-0.1, -0.05) is 53.5 Å². The molecule has 0 heterocycles. The summed E-state index contributed by atoms with van der Waals surface area (Å²) in [6.45, 7) is 0.643. The lowest BCUT2D eigenvalue weighted by molar-refractivity contribution is -0.120. The van der Waals surface area contributed by atoms with Crippen LogP contribution in [0.25, 0.3) is 0 Å². The van der Waals surface area contributed by atoms with E-state index in [1.165, 1.54) is 0 Å². The Hall–Kier alpha value is -1.51. The maximum atomic E-state index is 11.8. The predicted octanol–water partition coefficient (Wildman–Crippen LogP) is 4.28. The van der Waals surface area contributed by atoms with E-state index in [0.29, 0.717) is 18.0 Å². The van der Waals surface area contributed by atoms with Crippen LogP contribution in [0.1, 0.15) is 17.5 Å². The number of carbonyl (C=O) groups excluding carboxylic acids is 1. The highest BCUT2D eigenvalue weighted by Gasteiger charge is 2.04. The highest BCUT2D eigenvalue weighted by molar-refractivity contribution is 6.31. The molecule has 0 unspecified atom stereocenters. The van der Waals surface area contributed by atoms with Crippen molar-refractivity contribution in [2.75, 3.05) is 6.54 Å². The lowest BCUT2D eigenvalue weighted by Gasteiger charge is -2.07. The van der Waals surface area contributed by atoms with Crippen LogP contribution in [-0.2, 0) is 17.6 Å². The second-order valence-electron chi connectivity index (χ2n) is 4.85. The number of halogens is 2. The van der Waals surface area contributed by atoms with Gasteiger partial charge in [0.25, 0.3) is 0 Å². The minimum absolute atomic E-state index is 0.0106. The van der Waals surface area contributed by atoms with E-state index in [1.807, 2.05) is 42.5 Å². The zero-order valence-corrected chi connectivity index (χ0v) is 13.1. The summed E-state index contributed by atoms with van der Waals surface area (Å²) >= 11 is 12.0. The van der Waals surface area contributed by atoms with Gasteiger partial charge in [0.2, 0.25) is 5.91 Å². The van der Waals surface area contributed by atoms with Crippen molar-refractivity contribution in [3.05, 3.63) is 69.7 Å². The summed E-state index contributed by atoms with van der Waals surface area (Å²) in [6, 6.07) is 15.1. The molecule has 0 aliphatic carbocycles. The maximum absolute atomic E-state index is 11.8. The van der Waals surface area contributed by atoms with Gasteiger partial charge in [-0.15, -0.1) is 0 Å². The second kappa shape index (κ2) is 8.06. The van der Waals surface area contributed by atoms with Crippen molar-refractivity contribution in [3.63, 3.8) is 0 Å². The number of hydrogen-bond acceptors (Lipinski definition) is 1. The molecule has 4 heteroatoms. The van der Waals surface area contributed by atoms with Crippen LogP contribution >= 0.6 is 23.2 Å². The molecular weight excluding hydrogens is 305 g/mol. The van der Waals surface area contributed by atoms with Crippen molar-refractivity contribution >= 4 is 29.1 Å². The third-order valence-corrected chi connectivity index (χ3v) is 3.76. The van der Waals surface area contributed by atoms with Crippen LogP contribution in [0.3, 0.4) is 0 Å². The second-order valence-corrected chi connectivity index (χ2v) is 5.70. The summed E-state index contributed by atoms with van der Waals surface area (Å²) in [5.74, 6) is 0.0106. The highest BCUT2D eigenvalue weighted by atomic mass is 35.5. The van der Waals surface area contributed by atoms with E-state index in [4.69, 9.17) is 23.2 Å². The lowest BCUT2D eigenvalue weighted by Crippen LogP contribution is -2.26. The number of aryl methyl sites for hydroxylation is 1. The van der Waals surface area contributed by atoms with E-state index in [-0.39, 0.29) is 5.91 Å². The molecule has 0 aliphatic rings. The Kier molecular flexibility index (Phi) is 6.09. The molecule has 21 heavy (non-hydrogen) atoms. The average Bonchev–Trinajstić information content (AvgIpc) is 2.45. The molecule has 0 radical (unpaired) electrons. The van der Waals surface area contributed by atoms with E-state index in [9.17, 15) is 4.79 Å². The topological polar surface area (TPSA) is 29.1 Å². The number of amides is 1. The van der Waals surface area contributed by atoms with Crippen molar-refractivity contribution in [1.82, 2.24) is 5.32 Å². The molecule has 0 bridgehead atoms. The number of benzene rings is 2. The third-order valence-electron chi connectivity index (χ3n) is 3.16. The van der Waals surface area contributed by atoms with Crippen molar-refractivity contribution in [1.29, 1.82) is 0 Å². The minimum Gasteiger partial charge on any atom is -0.356 e. The van der Waals surface area contributed by atoms with Gasteiger partial charge in [-0.2, -0.15) is 0 Å². The van der Waals surface area contributed by atoms with Gasteiger partial charge >= 0.3 is 0 Å². The Labute approximate surface area is 135 Å². The number of carbonyl (C=O) groups is 1. The van der Waals surface area contributed by atoms with Crippen LogP contribution in [0.2, 0.25) is 10.0 Å². The summed E-state index contributed by atoms with van der Waals surface area (Å²) in [5.41, 5.74) is 2.04. The van der Waals surface area contributed by atoms with Crippen LogP contribution in [0.5, 0.6) is 0 Å². The van der Waals surface area contributed by atoms with Gasteiger partial charge < -0.3 is 5.32 Å². The first kappa shape index (κ1) is 15.9. The molecule has 0 aliphatic heterocycles. The molecule has 1 amide bonds. The fraction of sp³-hybridized carbons (Fsp3) is 0.235.